The zero-order valence-corrected chi connectivity index (χ0v) is 13.2. The number of carbonyl (C=O) groups excluding carboxylic acids is 1. The first-order valence-corrected chi connectivity index (χ1v) is 8.78. The van der Waals surface area contributed by atoms with Gasteiger partial charge in [-0.2, -0.15) is 0 Å². The van der Waals surface area contributed by atoms with E-state index in [-0.39, 0.29) is 11.7 Å². The van der Waals surface area contributed by atoms with Crippen LogP contribution in [0.25, 0.3) is 0 Å². The second kappa shape index (κ2) is 5.67. The summed E-state index contributed by atoms with van der Waals surface area (Å²) in [7, 11) is 0. The van der Waals surface area contributed by atoms with E-state index in [2.05, 4.69) is 24.1 Å². The molecule has 1 N–H and O–H groups in total. The summed E-state index contributed by atoms with van der Waals surface area (Å²) < 4.78 is 0. The van der Waals surface area contributed by atoms with Crippen LogP contribution in [0.1, 0.15) is 78.1 Å². The topological polar surface area (TPSA) is 32.3 Å². The molecule has 2 aliphatic carbocycles. The average Bonchev–Trinajstić information content (AvgIpc) is 3.06. The third kappa shape index (κ3) is 2.28. The van der Waals surface area contributed by atoms with Gasteiger partial charge in [0.1, 0.15) is 0 Å². The molecule has 3 nitrogen and oxygen atoms in total. The maximum atomic E-state index is 13.0. The Hall–Kier alpha value is -0.570. The molecule has 2 saturated carbocycles. The highest BCUT2D eigenvalue weighted by atomic mass is 16.2. The van der Waals surface area contributed by atoms with Gasteiger partial charge >= 0.3 is 0 Å². The zero-order chi connectivity index (χ0) is 14.2. The Morgan fingerprint density at radius 2 is 1.85 bits per heavy atom. The molecule has 3 aliphatic rings. The summed E-state index contributed by atoms with van der Waals surface area (Å²) in [6.07, 6.45) is 12.6. The Balaban J connectivity index is 1.77. The molecular formula is C17H30N2O. The van der Waals surface area contributed by atoms with E-state index < -0.39 is 0 Å². The van der Waals surface area contributed by atoms with Crippen molar-refractivity contribution in [3.8, 4) is 0 Å². The van der Waals surface area contributed by atoms with Gasteiger partial charge in [0.05, 0.1) is 11.7 Å². The normalized spacial score (nSPS) is 32.2. The zero-order valence-electron chi connectivity index (χ0n) is 13.2. The Bertz CT molecular complexity index is 356. The lowest BCUT2D eigenvalue weighted by Crippen LogP contribution is -2.47. The second-order valence-corrected chi connectivity index (χ2v) is 7.21. The van der Waals surface area contributed by atoms with Crippen molar-refractivity contribution < 1.29 is 4.79 Å². The Morgan fingerprint density at radius 3 is 2.45 bits per heavy atom. The van der Waals surface area contributed by atoms with Gasteiger partial charge in [0.15, 0.2) is 0 Å². The van der Waals surface area contributed by atoms with Gasteiger partial charge in [-0.25, -0.2) is 0 Å². The smallest absolute Gasteiger partial charge is 0.244 e. The predicted molar refractivity (Wildman–Crippen MR) is 81.3 cm³/mol. The molecule has 114 valence electrons. The van der Waals surface area contributed by atoms with Crippen molar-refractivity contribution in [1.82, 2.24) is 10.2 Å². The second-order valence-electron chi connectivity index (χ2n) is 7.21. The number of hydrogen-bond donors (Lipinski definition) is 1. The van der Waals surface area contributed by atoms with Gasteiger partial charge in [0.25, 0.3) is 0 Å². The molecule has 3 rings (SSSR count). The molecular weight excluding hydrogens is 248 g/mol. The van der Waals surface area contributed by atoms with Crippen LogP contribution in [0, 0.1) is 5.92 Å². The molecule has 3 fully saturated rings. The summed E-state index contributed by atoms with van der Waals surface area (Å²) in [5.74, 6) is 1.14. The molecule has 0 aromatic carbocycles. The molecule has 1 spiro atoms. The SMILES string of the molecule is CCC1NC2(CCCC2)C(=O)N1C(C)C1CCCCC1. The largest absolute Gasteiger partial charge is 0.323 e. The lowest BCUT2D eigenvalue weighted by Gasteiger charge is -2.37. The quantitative estimate of drug-likeness (QED) is 0.857. The van der Waals surface area contributed by atoms with Crippen LogP contribution in [-0.2, 0) is 4.79 Å². The molecule has 1 aliphatic heterocycles. The minimum atomic E-state index is -0.191. The van der Waals surface area contributed by atoms with Gasteiger partial charge in [0, 0.05) is 6.04 Å². The Labute approximate surface area is 123 Å². The molecule has 0 aromatic heterocycles. The molecule has 0 radical (unpaired) electrons. The van der Waals surface area contributed by atoms with E-state index >= 15 is 0 Å². The van der Waals surface area contributed by atoms with Crippen molar-refractivity contribution in [1.29, 1.82) is 0 Å². The molecule has 2 atom stereocenters. The first-order chi connectivity index (χ1) is 9.68. The molecule has 1 heterocycles. The number of nitrogens with one attached hydrogen (secondary N) is 1. The highest BCUT2D eigenvalue weighted by Crippen LogP contribution is 2.40. The van der Waals surface area contributed by atoms with Crippen LogP contribution >= 0.6 is 0 Å². The van der Waals surface area contributed by atoms with E-state index in [1.807, 2.05) is 0 Å². The summed E-state index contributed by atoms with van der Waals surface area (Å²) in [6.45, 7) is 4.51. The van der Waals surface area contributed by atoms with Crippen LogP contribution in [0.4, 0.5) is 0 Å². The molecule has 20 heavy (non-hydrogen) atoms. The van der Waals surface area contributed by atoms with E-state index in [9.17, 15) is 4.79 Å². The van der Waals surface area contributed by atoms with Crippen LogP contribution in [0.3, 0.4) is 0 Å². The fraction of sp³-hybridized carbons (Fsp3) is 0.941. The third-order valence-electron chi connectivity index (χ3n) is 6.04. The maximum absolute atomic E-state index is 13.0. The molecule has 0 bridgehead atoms. The van der Waals surface area contributed by atoms with Crippen LogP contribution in [-0.4, -0.2) is 28.6 Å². The van der Waals surface area contributed by atoms with Gasteiger partial charge in [-0.15, -0.1) is 0 Å². The molecule has 0 aromatic rings. The van der Waals surface area contributed by atoms with Crippen molar-refractivity contribution in [3.63, 3.8) is 0 Å². The summed E-state index contributed by atoms with van der Waals surface area (Å²) in [5.41, 5.74) is -0.191. The average molecular weight is 278 g/mol. The number of carbonyl (C=O) groups is 1. The van der Waals surface area contributed by atoms with Gasteiger partial charge in [-0.1, -0.05) is 39.0 Å². The number of hydrogen-bond acceptors (Lipinski definition) is 2. The highest BCUT2D eigenvalue weighted by Gasteiger charge is 2.53. The fourth-order valence-electron chi connectivity index (χ4n) is 4.79. The molecule has 1 saturated heterocycles. The van der Waals surface area contributed by atoms with Gasteiger partial charge in [0.2, 0.25) is 5.91 Å². The Morgan fingerprint density at radius 1 is 1.20 bits per heavy atom. The van der Waals surface area contributed by atoms with Crippen molar-refractivity contribution >= 4 is 5.91 Å². The van der Waals surface area contributed by atoms with Crippen LogP contribution < -0.4 is 5.32 Å². The fourth-order valence-corrected chi connectivity index (χ4v) is 4.79. The van der Waals surface area contributed by atoms with Crippen LogP contribution in [0.15, 0.2) is 0 Å². The molecule has 2 unspecified atom stereocenters. The molecule has 3 heteroatoms. The van der Waals surface area contributed by atoms with Crippen molar-refractivity contribution in [3.05, 3.63) is 0 Å². The van der Waals surface area contributed by atoms with E-state index in [0.717, 1.165) is 25.2 Å². The van der Waals surface area contributed by atoms with Gasteiger partial charge in [-0.05, 0) is 44.9 Å². The minimum Gasteiger partial charge on any atom is -0.323 e. The Kier molecular flexibility index (Phi) is 4.07. The van der Waals surface area contributed by atoms with E-state index in [4.69, 9.17) is 0 Å². The van der Waals surface area contributed by atoms with Crippen LogP contribution in [0.2, 0.25) is 0 Å². The van der Waals surface area contributed by atoms with Crippen molar-refractivity contribution in [2.75, 3.05) is 0 Å². The lowest BCUT2D eigenvalue weighted by atomic mass is 9.83. The summed E-state index contributed by atoms with van der Waals surface area (Å²) in [6, 6.07) is 0.417. The van der Waals surface area contributed by atoms with Crippen molar-refractivity contribution in [2.24, 2.45) is 5.92 Å². The summed E-state index contributed by atoms with van der Waals surface area (Å²) >= 11 is 0. The van der Waals surface area contributed by atoms with Crippen molar-refractivity contribution in [2.45, 2.75) is 95.8 Å². The predicted octanol–water partition coefficient (Wildman–Crippen LogP) is 3.44. The highest BCUT2D eigenvalue weighted by molar-refractivity contribution is 5.89. The number of amides is 1. The van der Waals surface area contributed by atoms with Crippen LogP contribution in [0.5, 0.6) is 0 Å². The van der Waals surface area contributed by atoms with E-state index in [0.29, 0.717) is 11.9 Å². The number of nitrogens with zero attached hydrogens (tertiary/aromatic N) is 1. The maximum Gasteiger partial charge on any atom is 0.244 e. The standard InChI is InChI=1S/C17H30N2O/c1-3-15-18-17(11-7-8-12-17)16(20)19(15)13(2)14-9-5-4-6-10-14/h13-15,18H,3-12H2,1-2H3. The van der Waals surface area contributed by atoms with Gasteiger partial charge < -0.3 is 4.90 Å². The molecule has 1 amide bonds. The first-order valence-electron chi connectivity index (χ1n) is 8.78. The summed E-state index contributed by atoms with van der Waals surface area (Å²) in [4.78, 5) is 15.3. The van der Waals surface area contributed by atoms with E-state index in [1.54, 1.807) is 0 Å². The van der Waals surface area contributed by atoms with E-state index in [1.165, 1.54) is 44.9 Å². The first kappa shape index (κ1) is 14.4. The monoisotopic (exact) mass is 278 g/mol. The minimum absolute atomic E-state index is 0.191. The summed E-state index contributed by atoms with van der Waals surface area (Å²) in [5, 5.41) is 3.71. The lowest BCUT2D eigenvalue weighted by molar-refractivity contribution is -0.136. The number of rotatable bonds is 3. The van der Waals surface area contributed by atoms with Gasteiger partial charge in [-0.3, -0.25) is 10.1 Å². The third-order valence-corrected chi connectivity index (χ3v) is 6.04.